The van der Waals surface area contributed by atoms with Crippen molar-refractivity contribution in [1.29, 1.82) is 0 Å². The summed E-state index contributed by atoms with van der Waals surface area (Å²) in [6.45, 7) is 6.91. The number of nitrogens with one attached hydrogen (secondary N) is 1. The summed E-state index contributed by atoms with van der Waals surface area (Å²) < 4.78 is 0. The molecule has 0 radical (unpaired) electrons. The molecule has 1 N–H and O–H groups in total. The van der Waals surface area contributed by atoms with E-state index in [-0.39, 0.29) is 35.7 Å². The minimum absolute atomic E-state index is 0. The minimum Gasteiger partial charge on any atom is -0.349 e. The van der Waals surface area contributed by atoms with Gasteiger partial charge in [0, 0.05) is 31.4 Å². The first-order valence-corrected chi connectivity index (χ1v) is 11.1. The molecule has 1 atom stereocenters. The molecule has 7 heteroatoms. The van der Waals surface area contributed by atoms with Gasteiger partial charge in [0.2, 0.25) is 5.91 Å². The van der Waals surface area contributed by atoms with Crippen LogP contribution >= 0.6 is 12.4 Å². The second-order valence-corrected chi connectivity index (χ2v) is 9.28. The minimum atomic E-state index is -0.120. The predicted molar refractivity (Wildman–Crippen MR) is 128 cm³/mol. The number of carbonyl (C=O) groups is 2. The van der Waals surface area contributed by atoms with Crippen LogP contribution in [-0.4, -0.2) is 59.3 Å². The first-order valence-electron chi connectivity index (χ1n) is 11.1. The highest BCUT2D eigenvalue weighted by atomic mass is 35.5. The van der Waals surface area contributed by atoms with E-state index < -0.39 is 0 Å². The molecule has 1 aromatic heterocycles. The number of carbonyl (C=O) groups excluding carboxylic acids is 2. The smallest absolute Gasteiger partial charge is 0.254 e. The number of aryl methyl sites for hydroxylation is 2. The second-order valence-electron chi connectivity index (χ2n) is 9.28. The van der Waals surface area contributed by atoms with Gasteiger partial charge in [-0.25, -0.2) is 0 Å². The van der Waals surface area contributed by atoms with Crippen LogP contribution in [0, 0.1) is 19.3 Å². The zero-order valence-electron chi connectivity index (χ0n) is 19.1. The molecule has 4 rings (SSSR count). The van der Waals surface area contributed by atoms with Gasteiger partial charge in [-0.2, -0.15) is 0 Å². The molecule has 1 spiro atoms. The number of amides is 2. The maximum atomic E-state index is 13.0. The Kier molecular flexibility index (Phi) is 7.57. The van der Waals surface area contributed by atoms with E-state index in [0.29, 0.717) is 6.54 Å². The van der Waals surface area contributed by atoms with Gasteiger partial charge >= 0.3 is 0 Å². The number of halogens is 1. The van der Waals surface area contributed by atoms with Crippen molar-refractivity contribution in [2.24, 2.45) is 5.41 Å². The highest BCUT2D eigenvalue weighted by molar-refractivity contribution is 5.95. The van der Waals surface area contributed by atoms with E-state index in [9.17, 15) is 9.59 Å². The maximum Gasteiger partial charge on any atom is 0.254 e. The van der Waals surface area contributed by atoms with Gasteiger partial charge < -0.3 is 10.2 Å². The number of likely N-dealkylation sites (tertiary alicyclic amines) is 2. The summed E-state index contributed by atoms with van der Waals surface area (Å²) in [5.41, 5.74) is 3.99. The van der Waals surface area contributed by atoms with E-state index in [4.69, 9.17) is 0 Å². The molecule has 0 bridgehead atoms. The van der Waals surface area contributed by atoms with Crippen molar-refractivity contribution in [1.82, 2.24) is 20.1 Å². The van der Waals surface area contributed by atoms with Crippen LogP contribution in [0.1, 0.15) is 46.4 Å². The van der Waals surface area contributed by atoms with Gasteiger partial charge in [0.25, 0.3) is 5.91 Å². The standard InChI is InChI=1S/C25H32N4O2.ClH/c1-18-7-8-21(19(2)14-18)24(31)29-12-9-25(10-13-29)15-22(28(3)17-25)23(30)27-16-20-6-4-5-11-26-20;/h4-8,11,14,22H,9-10,12-13,15-17H2,1-3H3,(H,27,30);1H. The highest BCUT2D eigenvalue weighted by Gasteiger charge is 2.47. The Morgan fingerprint density at radius 3 is 2.56 bits per heavy atom. The summed E-state index contributed by atoms with van der Waals surface area (Å²) >= 11 is 0. The number of rotatable bonds is 4. The average Bonchev–Trinajstić information content (AvgIpc) is 3.08. The van der Waals surface area contributed by atoms with E-state index in [2.05, 4.69) is 21.3 Å². The monoisotopic (exact) mass is 456 g/mol. The van der Waals surface area contributed by atoms with Gasteiger partial charge in [-0.1, -0.05) is 23.8 Å². The molecule has 0 saturated carbocycles. The summed E-state index contributed by atoms with van der Waals surface area (Å²) in [4.78, 5) is 34.3. The number of hydrogen-bond donors (Lipinski definition) is 1. The summed E-state index contributed by atoms with van der Waals surface area (Å²) in [6.07, 6.45) is 4.48. The highest BCUT2D eigenvalue weighted by Crippen LogP contribution is 2.43. The third kappa shape index (κ3) is 5.13. The molecular weight excluding hydrogens is 424 g/mol. The number of hydrogen-bond acceptors (Lipinski definition) is 4. The predicted octanol–water partition coefficient (Wildman–Crippen LogP) is 3.36. The Labute approximate surface area is 196 Å². The Morgan fingerprint density at radius 1 is 1.16 bits per heavy atom. The number of piperidine rings is 1. The Balaban J connectivity index is 0.00000289. The quantitative estimate of drug-likeness (QED) is 0.766. The summed E-state index contributed by atoms with van der Waals surface area (Å²) in [5.74, 6) is 0.196. The van der Waals surface area contributed by atoms with Crippen molar-refractivity contribution in [3.63, 3.8) is 0 Å². The molecule has 0 aliphatic carbocycles. The lowest BCUT2D eigenvalue weighted by Crippen LogP contribution is -2.44. The number of pyridine rings is 1. The molecule has 1 unspecified atom stereocenters. The number of likely N-dealkylation sites (N-methyl/N-ethyl adjacent to an activating group) is 1. The molecule has 3 heterocycles. The summed E-state index contributed by atoms with van der Waals surface area (Å²) in [5, 5.41) is 3.04. The first-order chi connectivity index (χ1) is 14.9. The Morgan fingerprint density at radius 2 is 1.91 bits per heavy atom. The number of benzene rings is 1. The lowest BCUT2D eigenvalue weighted by Gasteiger charge is -2.39. The largest absolute Gasteiger partial charge is 0.349 e. The molecule has 2 saturated heterocycles. The van der Waals surface area contributed by atoms with Crippen LogP contribution < -0.4 is 5.32 Å². The van der Waals surface area contributed by atoms with Gasteiger partial charge in [-0.15, -0.1) is 12.4 Å². The Hall–Kier alpha value is -2.44. The van der Waals surface area contributed by atoms with Crippen LogP contribution in [0.2, 0.25) is 0 Å². The molecular formula is C25H33ClN4O2. The van der Waals surface area contributed by atoms with E-state index in [0.717, 1.165) is 55.7 Å². The van der Waals surface area contributed by atoms with Gasteiger partial charge in [0.05, 0.1) is 18.3 Å². The van der Waals surface area contributed by atoms with Crippen LogP contribution in [0.15, 0.2) is 42.6 Å². The topological polar surface area (TPSA) is 65.5 Å². The van der Waals surface area contributed by atoms with Crippen molar-refractivity contribution >= 4 is 24.2 Å². The third-order valence-electron chi connectivity index (χ3n) is 6.94. The molecule has 1 aromatic carbocycles. The molecule has 32 heavy (non-hydrogen) atoms. The van der Waals surface area contributed by atoms with Crippen molar-refractivity contribution in [2.75, 3.05) is 26.7 Å². The molecule has 2 fully saturated rings. The van der Waals surface area contributed by atoms with Gasteiger partial charge in [-0.05, 0) is 69.3 Å². The summed E-state index contributed by atoms with van der Waals surface area (Å²) in [7, 11) is 2.03. The van der Waals surface area contributed by atoms with Crippen LogP contribution in [0.4, 0.5) is 0 Å². The van der Waals surface area contributed by atoms with Gasteiger partial charge in [0.1, 0.15) is 0 Å². The Bertz CT molecular complexity index is 958. The molecule has 2 amide bonds. The van der Waals surface area contributed by atoms with Crippen LogP contribution in [0.3, 0.4) is 0 Å². The maximum absolute atomic E-state index is 13.0. The summed E-state index contributed by atoms with van der Waals surface area (Å²) in [6, 6.07) is 11.6. The fourth-order valence-electron chi connectivity index (χ4n) is 5.13. The van der Waals surface area contributed by atoms with Crippen molar-refractivity contribution < 1.29 is 9.59 Å². The lowest BCUT2D eigenvalue weighted by molar-refractivity contribution is -0.125. The molecule has 2 aliphatic heterocycles. The van der Waals surface area contributed by atoms with Crippen molar-refractivity contribution in [2.45, 2.75) is 45.7 Å². The first kappa shape index (κ1) is 24.2. The van der Waals surface area contributed by atoms with E-state index in [1.54, 1.807) is 6.20 Å². The molecule has 172 valence electrons. The normalized spacial score (nSPS) is 20.1. The van der Waals surface area contributed by atoms with Crippen LogP contribution in [-0.2, 0) is 11.3 Å². The fourth-order valence-corrected chi connectivity index (χ4v) is 5.13. The fraction of sp³-hybridized carbons (Fsp3) is 0.480. The zero-order chi connectivity index (χ0) is 22.0. The number of nitrogens with zero attached hydrogens (tertiary/aromatic N) is 3. The van der Waals surface area contributed by atoms with Crippen molar-refractivity contribution in [3.05, 3.63) is 65.0 Å². The van der Waals surface area contributed by atoms with Crippen molar-refractivity contribution in [3.8, 4) is 0 Å². The lowest BCUT2D eigenvalue weighted by atomic mass is 9.76. The molecule has 6 nitrogen and oxygen atoms in total. The van der Waals surface area contributed by atoms with Gasteiger partial charge in [0.15, 0.2) is 0 Å². The third-order valence-corrected chi connectivity index (χ3v) is 6.94. The second kappa shape index (κ2) is 10.0. The van der Waals surface area contributed by atoms with E-state index in [1.165, 1.54) is 5.56 Å². The van der Waals surface area contributed by atoms with E-state index in [1.807, 2.05) is 56.1 Å². The number of aromatic nitrogens is 1. The average molecular weight is 457 g/mol. The van der Waals surface area contributed by atoms with Crippen LogP contribution in [0.5, 0.6) is 0 Å². The van der Waals surface area contributed by atoms with Gasteiger partial charge in [-0.3, -0.25) is 19.5 Å². The van der Waals surface area contributed by atoms with Crippen LogP contribution in [0.25, 0.3) is 0 Å². The molecule has 2 aliphatic rings. The SMILES string of the molecule is Cc1ccc(C(=O)N2CCC3(CC2)CC(C(=O)NCc2ccccn2)N(C)C3)c(C)c1.Cl. The van der Waals surface area contributed by atoms with E-state index >= 15 is 0 Å². The zero-order valence-corrected chi connectivity index (χ0v) is 20.0. The molecule has 2 aromatic rings.